The zero-order chi connectivity index (χ0) is 16.0. The predicted octanol–water partition coefficient (Wildman–Crippen LogP) is 5.19. The van der Waals surface area contributed by atoms with Gasteiger partial charge in [0.15, 0.2) is 5.82 Å². The fourth-order valence-electron chi connectivity index (χ4n) is 2.62. The average Bonchev–Trinajstić information content (AvgIpc) is 3.01. The van der Waals surface area contributed by atoms with Crippen LogP contribution in [0.2, 0.25) is 5.02 Å². The summed E-state index contributed by atoms with van der Waals surface area (Å²) in [6.45, 7) is 2.02. The van der Waals surface area contributed by atoms with E-state index in [1.165, 1.54) is 0 Å². The van der Waals surface area contributed by atoms with Crippen LogP contribution < -0.4 is 5.32 Å². The van der Waals surface area contributed by atoms with Crippen molar-refractivity contribution in [2.75, 3.05) is 5.32 Å². The second-order valence-corrected chi connectivity index (χ2v) is 6.95. The van der Waals surface area contributed by atoms with E-state index in [-0.39, 0.29) is 0 Å². The summed E-state index contributed by atoms with van der Waals surface area (Å²) in [6.07, 6.45) is 3.61. The highest BCUT2D eigenvalue weighted by atomic mass is 127. The zero-order valence-electron chi connectivity index (χ0n) is 12.2. The molecule has 0 amide bonds. The first-order chi connectivity index (χ1) is 11.1. The third kappa shape index (κ3) is 2.53. The van der Waals surface area contributed by atoms with Gasteiger partial charge in [-0.25, -0.2) is 9.97 Å². The van der Waals surface area contributed by atoms with Crippen molar-refractivity contribution in [3.63, 3.8) is 0 Å². The summed E-state index contributed by atoms with van der Waals surface area (Å²) in [7, 11) is 0. The molecule has 4 aromatic rings. The average molecular weight is 435 g/mol. The standard InChI is InChI=1S/C17H12ClIN4/c1-10-3-2-4-12(18)16(10)22-17-15-8-20-9-23(15)14-7-11(19)5-6-13(14)21-17/h2-9H,1H3,(H,21,22). The van der Waals surface area contributed by atoms with E-state index in [1.807, 2.05) is 41.7 Å². The van der Waals surface area contributed by atoms with E-state index in [9.17, 15) is 0 Å². The molecule has 0 unspecified atom stereocenters. The number of aromatic nitrogens is 3. The molecule has 2 aromatic heterocycles. The van der Waals surface area contributed by atoms with E-state index in [0.29, 0.717) is 5.02 Å². The van der Waals surface area contributed by atoms with Gasteiger partial charge in [0.1, 0.15) is 5.52 Å². The fraction of sp³-hybridized carbons (Fsp3) is 0.0588. The number of rotatable bonds is 2. The maximum absolute atomic E-state index is 6.33. The van der Waals surface area contributed by atoms with Gasteiger partial charge in [-0.3, -0.25) is 4.40 Å². The van der Waals surface area contributed by atoms with Gasteiger partial charge in [0.2, 0.25) is 0 Å². The highest BCUT2D eigenvalue weighted by Crippen LogP contribution is 2.31. The fourth-order valence-corrected chi connectivity index (χ4v) is 3.37. The number of nitrogens with one attached hydrogen (secondary N) is 1. The van der Waals surface area contributed by atoms with Crippen LogP contribution in [0.4, 0.5) is 11.5 Å². The number of hydrogen-bond acceptors (Lipinski definition) is 3. The molecule has 2 aromatic carbocycles. The molecule has 1 N–H and O–H groups in total. The molecular formula is C17H12ClIN4. The van der Waals surface area contributed by atoms with Crippen LogP contribution in [0, 0.1) is 10.5 Å². The number of nitrogens with zero attached hydrogens (tertiary/aromatic N) is 3. The van der Waals surface area contributed by atoms with Crippen molar-refractivity contribution in [3.05, 3.63) is 63.1 Å². The molecule has 0 saturated heterocycles. The monoisotopic (exact) mass is 434 g/mol. The second-order valence-electron chi connectivity index (χ2n) is 5.30. The van der Waals surface area contributed by atoms with E-state index in [2.05, 4.69) is 39.0 Å². The summed E-state index contributed by atoms with van der Waals surface area (Å²) in [6, 6.07) is 12.0. The van der Waals surface area contributed by atoms with Crippen LogP contribution in [0.25, 0.3) is 16.6 Å². The Morgan fingerprint density at radius 3 is 2.87 bits per heavy atom. The summed E-state index contributed by atoms with van der Waals surface area (Å²) in [5.74, 6) is 0.743. The highest BCUT2D eigenvalue weighted by Gasteiger charge is 2.12. The maximum Gasteiger partial charge on any atom is 0.157 e. The molecule has 0 radical (unpaired) electrons. The molecule has 0 aliphatic heterocycles. The van der Waals surface area contributed by atoms with Crippen LogP contribution in [0.15, 0.2) is 48.9 Å². The van der Waals surface area contributed by atoms with Crippen LogP contribution in [0.1, 0.15) is 5.56 Å². The summed E-state index contributed by atoms with van der Waals surface area (Å²) < 4.78 is 3.20. The molecule has 114 valence electrons. The molecule has 0 aliphatic carbocycles. The molecule has 0 atom stereocenters. The minimum Gasteiger partial charge on any atom is -0.337 e. The Kier molecular flexibility index (Phi) is 3.61. The van der Waals surface area contributed by atoms with Gasteiger partial charge in [-0.1, -0.05) is 23.7 Å². The number of aryl methyl sites for hydroxylation is 1. The molecule has 0 bridgehead atoms. The van der Waals surface area contributed by atoms with Crippen molar-refractivity contribution in [2.45, 2.75) is 6.92 Å². The molecule has 0 saturated carbocycles. The predicted molar refractivity (Wildman–Crippen MR) is 103 cm³/mol. The Bertz CT molecular complexity index is 1020. The minimum absolute atomic E-state index is 0.673. The van der Waals surface area contributed by atoms with Gasteiger partial charge in [0, 0.05) is 3.57 Å². The number of benzene rings is 2. The quantitative estimate of drug-likeness (QED) is 0.441. The molecule has 2 heterocycles. The molecule has 4 rings (SSSR count). The van der Waals surface area contributed by atoms with Crippen LogP contribution in [0.5, 0.6) is 0 Å². The summed E-state index contributed by atoms with van der Waals surface area (Å²) in [5, 5.41) is 4.04. The van der Waals surface area contributed by atoms with Crippen LogP contribution >= 0.6 is 34.2 Å². The number of imidazole rings is 1. The maximum atomic E-state index is 6.33. The van der Waals surface area contributed by atoms with E-state index in [1.54, 1.807) is 12.5 Å². The smallest absolute Gasteiger partial charge is 0.157 e. The van der Waals surface area contributed by atoms with Gasteiger partial charge >= 0.3 is 0 Å². The largest absolute Gasteiger partial charge is 0.337 e. The number of hydrogen-bond donors (Lipinski definition) is 1. The van der Waals surface area contributed by atoms with Crippen molar-refractivity contribution >= 4 is 62.2 Å². The van der Waals surface area contributed by atoms with E-state index < -0.39 is 0 Å². The lowest BCUT2D eigenvalue weighted by Crippen LogP contribution is -2.01. The zero-order valence-corrected chi connectivity index (χ0v) is 15.1. The molecule has 23 heavy (non-hydrogen) atoms. The lowest BCUT2D eigenvalue weighted by atomic mass is 10.2. The van der Waals surface area contributed by atoms with Gasteiger partial charge in [-0.15, -0.1) is 0 Å². The Hall–Kier alpha value is -1.86. The van der Waals surface area contributed by atoms with E-state index in [4.69, 9.17) is 16.6 Å². The summed E-state index contributed by atoms with van der Waals surface area (Å²) in [5.41, 5.74) is 4.79. The lowest BCUT2D eigenvalue weighted by molar-refractivity contribution is 1.18. The Morgan fingerprint density at radius 1 is 1.17 bits per heavy atom. The van der Waals surface area contributed by atoms with Crippen LogP contribution in [0.3, 0.4) is 0 Å². The Labute approximate surface area is 151 Å². The van der Waals surface area contributed by atoms with Crippen molar-refractivity contribution in [1.82, 2.24) is 14.4 Å². The first kappa shape index (κ1) is 14.7. The summed E-state index contributed by atoms with van der Waals surface area (Å²) in [4.78, 5) is 9.04. The SMILES string of the molecule is Cc1cccc(Cl)c1Nc1nc2ccc(I)cc2n2cncc12. The first-order valence-electron chi connectivity index (χ1n) is 7.07. The summed E-state index contributed by atoms with van der Waals surface area (Å²) >= 11 is 8.63. The Morgan fingerprint density at radius 2 is 2.04 bits per heavy atom. The molecule has 0 fully saturated rings. The lowest BCUT2D eigenvalue weighted by Gasteiger charge is -2.13. The number of anilines is 2. The van der Waals surface area contributed by atoms with Gasteiger partial charge < -0.3 is 5.32 Å². The van der Waals surface area contributed by atoms with Crippen LogP contribution in [-0.4, -0.2) is 14.4 Å². The highest BCUT2D eigenvalue weighted by molar-refractivity contribution is 14.1. The van der Waals surface area contributed by atoms with Gasteiger partial charge in [0.25, 0.3) is 0 Å². The topological polar surface area (TPSA) is 42.2 Å². The number of fused-ring (bicyclic) bond motifs is 3. The minimum atomic E-state index is 0.673. The van der Waals surface area contributed by atoms with Crippen LogP contribution in [-0.2, 0) is 0 Å². The third-order valence-corrected chi connectivity index (χ3v) is 4.76. The molecule has 4 nitrogen and oxygen atoms in total. The van der Waals surface area contributed by atoms with E-state index >= 15 is 0 Å². The van der Waals surface area contributed by atoms with Crippen molar-refractivity contribution in [2.24, 2.45) is 0 Å². The molecule has 0 aliphatic rings. The van der Waals surface area contributed by atoms with Gasteiger partial charge in [0.05, 0.1) is 34.3 Å². The second kappa shape index (κ2) is 5.65. The molecular weight excluding hydrogens is 423 g/mol. The first-order valence-corrected chi connectivity index (χ1v) is 8.52. The van der Waals surface area contributed by atoms with Crippen molar-refractivity contribution < 1.29 is 0 Å². The van der Waals surface area contributed by atoms with Gasteiger partial charge in [-0.2, -0.15) is 0 Å². The third-order valence-electron chi connectivity index (χ3n) is 3.78. The molecule has 0 spiro atoms. The normalized spacial score (nSPS) is 11.3. The number of halogens is 2. The number of para-hydroxylation sites is 1. The van der Waals surface area contributed by atoms with E-state index in [0.717, 1.165) is 37.2 Å². The van der Waals surface area contributed by atoms with Gasteiger partial charge in [-0.05, 0) is 59.3 Å². The van der Waals surface area contributed by atoms with Crippen molar-refractivity contribution in [3.8, 4) is 0 Å². The molecule has 6 heteroatoms. The van der Waals surface area contributed by atoms with Crippen molar-refractivity contribution in [1.29, 1.82) is 0 Å². The Balaban J connectivity index is 1.96.